The maximum atomic E-state index is 11.0. The van der Waals surface area contributed by atoms with Gasteiger partial charge in [0.25, 0.3) is 5.69 Å². The van der Waals surface area contributed by atoms with Crippen LogP contribution in [0.1, 0.15) is 12.8 Å². The van der Waals surface area contributed by atoms with Crippen LogP contribution in [0.5, 0.6) is 0 Å². The van der Waals surface area contributed by atoms with Gasteiger partial charge in [-0.3, -0.25) is 10.1 Å². The molecule has 2 N–H and O–H groups in total. The van der Waals surface area contributed by atoms with E-state index >= 15 is 0 Å². The van der Waals surface area contributed by atoms with Crippen LogP contribution in [0.25, 0.3) is 0 Å². The fourth-order valence-corrected chi connectivity index (χ4v) is 2.19. The van der Waals surface area contributed by atoms with Gasteiger partial charge in [0.05, 0.1) is 17.1 Å². The van der Waals surface area contributed by atoms with E-state index in [1.807, 2.05) is 12.2 Å². The number of aliphatic hydroxyl groups is 1. The number of rotatable bonds is 4. The third-order valence-electron chi connectivity index (χ3n) is 3.04. The molecule has 0 heterocycles. The van der Waals surface area contributed by atoms with Gasteiger partial charge < -0.3 is 10.4 Å². The Morgan fingerprint density at radius 2 is 2.11 bits per heavy atom. The first-order chi connectivity index (χ1) is 8.56. The van der Waals surface area contributed by atoms with E-state index in [1.165, 1.54) is 6.07 Å². The molecule has 0 atom stereocenters. The zero-order valence-corrected chi connectivity index (χ0v) is 10.4. The number of halogens is 1. The van der Waals surface area contributed by atoms with E-state index in [-0.39, 0.29) is 12.3 Å². The summed E-state index contributed by atoms with van der Waals surface area (Å²) in [6, 6.07) is 4.46. The van der Waals surface area contributed by atoms with E-state index < -0.39 is 10.5 Å². The molecule has 0 aliphatic heterocycles. The molecule has 1 aliphatic carbocycles. The Labute approximate surface area is 109 Å². The van der Waals surface area contributed by atoms with Crippen molar-refractivity contribution in [1.82, 2.24) is 0 Å². The molecule has 0 unspecified atom stereocenters. The quantitative estimate of drug-likeness (QED) is 0.500. The predicted molar refractivity (Wildman–Crippen MR) is 69.9 cm³/mol. The summed E-state index contributed by atoms with van der Waals surface area (Å²) < 4.78 is 0. The highest BCUT2D eigenvalue weighted by Gasteiger charge is 2.32. The Balaban J connectivity index is 2.31. The van der Waals surface area contributed by atoms with Gasteiger partial charge in [0.2, 0.25) is 0 Å². The molecule has 0 radical (unpaired) electrons. The molecule has 0 spiro atoms. The van der Waals surface area contributed by atoms with Gasteiger partial charge in [-0.25, -0.2) is 0 Å². The van der Waals surface area contributed by atoms with E-state index in [4.69, 9.17) is 11.6 Å². The minimum atomic E-state index is -0.543. The number of hydrogen-bond acceptors (Lipinski definition) is 4. The molecule has 0 bridgehead atoms. The molecule has 1 aromatic carbocycles. The van der Waals surface area contributed by atoms with Crippen molar-refractivity contribution < 1.29 is 10.0 Å². The normalized spacial score (nSPS) is 16.8. The fraction of sp³-hybridized carbons (Fsp3) is 0.333. The van der Waals surface area contributed by atoms with Crippen molar-refractivity contribution >= 4 is 23.0 Å². The Bertz CT molecular complexity index is 494. The summed E-state index contributed by atoms with van der Waals surface area (Å²) >= 11 is 5.75. The lowest BCUT2D eigenvalue weighted by molar-refractivity contribution is -0.384. The molecule has 0 aromatic heterocycles. The van der Waals surface area contributed by atoms with E-state index in [1.54, 1.807) is 12.1 Å². The van der Waals surface area contributed by atoms with Crippen molar-refractivity contribution in [3.8, 4) is 0 Å². The molecule has 0 saturated carbocycles. The molecule has 6 heteroatoms. The summed E-state index contributed by atoms with van der Waals surface area (Å²) in [6.45, 7) is -0.0836. The van der Waals surface area contributed by atoms with Crippen molar-refractivity contribution in [3.05, 3.63) is 45.5 Å². The maximum absolute atomic E-state index is 11.0. The third-order valence-corrected chi connectivity index (χ3v) is 3.28. The van der Waals surface area contributed by atoms with E-state index in [0.717, 1.165) is 0 Å². The molecule has 2 rings (SSSR count). The highest BCUT2D eigenvalue weighted by Crippen LogP contribution is 2.34. The number of nitrogens with one attached hydrogen (secondary N) is 1. The maximum Gasteiger partial charge on any atom is 0.293 e. The van der Waals surface area contributed by atoms with Gasteiger partial charge in [-0.05, 0) is 25.0 Å². The van der Waals surface area contributed by atoms with Crippen molar-refractivity contribution in [2.45, 2.75) is 18.4 Å². The second kappa shape index (κ2) is 4.96. The highest BCUT2D eigenvalue weighted by atomic mass is 35.5. The van der Waals surface area contributed by atoms with Gasteiger partial charge in [0, 0.05) is 11.1 Å². The van der Waals surface area contributed by atoms with E-state index in [0.29, 0.717) is 23.6 Å². The molecule has 5 nitrogen and oxygen atoms in total. The van der Waals surface area contributed by atoms with Crippen LogP contribution in [0.3, 0.4) is 0 Å². The summed E-state index contributed by atoms with van der Waals surface area (Å²) in [5.74, 6) is 0. The summed E-state index contributed by atoms with van der Waals surface area (Å²) in [4.78, 5) is 10.5. The highest BCUT2D eigenvalue weighted by molar-refractivity contribution is 6.30. The molecular formula is C12H13ClN2O3. The first-order valence-electron chi connectivity index (χ1n) is 5.54. The number of nitro benzene ring substituents is 1. The monoisotopic (exact) mass is 268 g/mol. The lowest BCUT2D eigenvalue weighted by Crippen LogP contribution is -2.39. The molecule has 1 aromatic rings. The van der Waals surface area contributed by atoms with Crippen molar-refractivity contribution in [2.75, 3.05) is 11.9 Å². The molecule has 1 aliphatic rings. The lowest BCUT2D eigenvalue weighted by atomic mass is 9.97. The third kappa shape index (κ3) is 2.47. The number of hydrogen-bond donors (Lipinski definition) is 2. The van der Waals surface area contributed by atoms with Crippen molar-refractivity contribution in [2.24, 2.45) is 0 Å². The Morgan fingerprint density at radius 3 is 2.67 bits per heavy atom. The van der Waals surface area contributed by atoms with Gasteiger partial charge in [0.15, 0.2) is 0 Å². The van der Waals surface area contributed by atoms with Crippen LogP contribution in [0, 0.1) is 10.1 Å². The van der Waals surface area contributed by atoms with Gasteiger partial charge in [-0.2, -0.15) is 0 Å². The Morgan fingerprint density at radius 1 is 1.44 bits per heavy atom. The summed E-state index contributed by atoms with van der Waals surface area (Å²) in [7, 11) is 0. The second-order valence-corrected chi connectivity index (χ2v) is 4.80. The van der Waals surface area contributed by atoms with Crippen LogP contribution < -0.4 is 5.32 Å². The molecular weight excluding hydrogens is 256 g/mol. The Kier molecular flexibility index (Phi) is 3.54. The largest absolute Gasteiger partial charge is 0.394 e. The first kappa shape index (κ1) is 12.9. The van der Waals surface area contributed by atoms with Gasteiger partial charge >= 0.3 is 0 Å². The van der Waals surface area contributed by atoms with Crippen molar-refractivity contribution in [1.29, 1.82) is 0 Å². The molecule has 0 saturated heterocycles. The molecule has 18 heavy (non-hydrogen) atoms. The van der Waals surface area contributed by atoms with Gasteiger partial charge in [0.1, 0.15) is 5.69 Å². The van der Waals surface area contributed by atoms with Crippen LogP contribution in [0.2, 0.25) is 5.02 Å². The number of nitro groups is 1. The van der Waals surface area contributed by atoms with E-state index in [2.05, 4.69) is 5.32 Å². The van der Waals surface area contributed by atoms with Crippen molar-refractivity contribution in [3.63, 3.8) is 0 Å². The first-order valence-corrected chi connectivity index (χ1v) is 5.92. The SMILES string of the molecule is O=[N+]([O-])c1cc(Cl)ccc1NC1(CO)CC=CC1. The minimum Gasteiger partial charge on any atom is -0.394 e. The molecule has 0 amide bonds. The van der Waals surface area contributed by atoms with Crippen LogP contribution in [0.4, 0.5) is 11.4 Å². The topological polar surface area (TPSA) is 75.4 Å². The van der Waals surface area contributed by atoms with Crippen LogP contribution >= 0.6 is 11.6 Å². The number of aliphatic hydroxyl groups excluding tert-OH is 1. The zero-order chi connectivity index (χ0) is 13.2. The minimum absolute atomic E-state index is 0.0813. The predicted octanol–water partition coefficient (Wildman–Crippen LogP) is 2.74. The van der Waals surface area contributed by atoms with Crippen LogP contribution in [-0.4, -0.2) is 22.2 Å². The average molecular weight is 269 g/mol. The van der Waals surface area contributed by atoms with Crippen LogP contribution in [-0.2, 0) is 0 Å². The lowest BCUT2D eigenvalue weighted by Gasteiger charge is -2.29. The van der Waals surface area contributed by atoms with Crippen LogP contribution in [0.15, 0.2) is 30.4 Å². The fourth-order valence-electron chi connectivity index (χ4n) is 2.02. The number of benzene rings is 1. The molecule has 96 valence electrons. The summed E-state index contributed by atoms with van der Waals surface area (Å²) in [5, 5.41) is 23.8. The zero-order valence-electron chi connectivity index (χ0n) is 9.60. The number of anilines is 1. The van der Waals surface area contributed by atoms with Gasteiger partial charge in [-0.15, -0.1) is 0 Å². The Hall–Kier alpha value is -1.59. The van der Waals surface area contributed by atoms with Gasteiger partial charge in [-0.1, -0.05) is 23.8 Å². The standard InChI is InChI=1S/C12H13ClN2O3/c13-9-3-4-10(11(7-9)15(17)18)14-12(8-16)5-1-2-6-12/h1-4,7,14,16H,5-6,8H2. The molecule has 0 fully saturated rings. The smallest absolute Gasteiger partial charge is 0.293 e. The van der Waals surface area contributed by atoms with E-state index in [9.17, 15) is 15.2 Å². The average Bonchev–Trinajstić information content (AvgIpc) is 2.80. The second-order valence-electron chi connectivity index (χ2n) is 4.36. The summed E-state index contributed by atoms with van der Waals surface area (Å²) in [6.07, 6.45) is 5.18. The number of nitrogens with zero attached hydrogens (tertiary/aromatic N) is 1. The summed E-state index contributed by atoms with van der Waals surface area (Å²) in [5.41, 5.74) is -0.247.